The second kappa shape index (κ2) is 8.43. The molecule has 3 aromatic rings. The number of nitrogens with two attached hydrogens (primary N) is 1. The molecule has 3 rings (SSSR count). The van der Waals surface area contributed by atoms with Crippen LogP contribution in [0.1, 0.15) is 30.3 Å². The molecule has 0 fully saturated rings. The molecule has 0 aliphatic carbocycles. The molecule has 0 bridgehead atoms. The Morgan fingerprint density at radius 3 is 2.68 bits per heavy atom. The van der Waals surface area contributed by atoms with Crippen LogP contribution in [-0.4, -0.2) is 29.3 Å². The zero-order valence-corrected chi connectivity index (χ0v) is 15.5. The number of benzene rings is 2. The molecule has 2 aromatic carbocycles. The Bertz CT molecular complexity index is 783. The fraction of sp³-hybridized carbons (Fsp3) is 0.350. The monoisotopic (exact) mass is 357 g/mol. The summed E-state index contributed by atoms with van der Waals surface area (Å²) < 4.78 is 7.04. The summed E-state index contributed by atoms with van der Waals surface area (Å²) in [7, 11) is 0. The van der Waals surface area contributed by atoms with E-state index in [1.54, 1.807) is 11.3 Å². The molecule has 0 saturated heterocycles. The normalized spacial score (nSPS) is 12.6. The van der Waals surface area contributed by atoms with E-state index in [4.69, 9.17) is 4.74 Å². The van der Waals surface area contributed by atoms with Gasteiger partial charge < -0.3 is 15.2 Å². The number of ether oxygens (including phenoxy) is 1. The summed E-state index contributed by atoms with van der Waals surface area (Å²) in [6.07, 6.45) is -0.505. The number of hydrogen-bond donors (Lipinski definition) is 2. The molecule has 0 unspecified atom stereocenters. The molecular weight excluding hydrogens is 332 g/mol. The van der Waals surface area contributed by atoms with E-state index in [2.05, 4.69) is 36.3 Å². The van der Waals surface area contributed by atoms with E-state index in [-0.39, 0.29) is 0 Å². The van der Waals surface area contributed by atoms with Crippen LogP contribution in [0.25, 0.3) is 10.2 Å². The SMILES string of the molecule is CC(C)c1ccccc1OC[C@H](O)C[NH2+]Cc1nc2ccccc2s1. The second-order valence-electron chi connectivity index (χ2n) is 6.46. The van der Waals surface area contributed by atoms with Gasteiger partial charge in [0, 0.05) is 0 Å². The Labute approximate surface area is 152 Å². The number of aliphatic hydroxyl groups is 1. The van der Waals surface area contributed by atoms with E-state index in [0.717, 1.165) is 22.8 Å². The number of nitrogens with zero attached hydrogens (tertiary/aromatic N) is 1. The van der Waals surface area contributed by atoms with Crippen LogP contribution in [0.3, 0.4) is 0 Å². The van der Waals surface area contributed by atoms with Gasteiger partial charge in [-0.25, -0.2) is 4.98 Å². The van der Waals surface area contributed by atoms with E-state index in [0.29, 0.717) is 19.1 Å². The lowest BCUT2D eigenvalue weighted by Crippen LogP contribution is -2.85. The average Bonchev–Trinajstić information content (AvgIpc) is 3.03. The van der Waals surface area contributed by atoms with Gasteiger partial charge in [0.2, 0.25) is 0 Å². The molecule has 4 nitrogen and oxygen atoms in total. The smallest absolute Gasteiger partial charge is 0.148 e. The highest BCUT2D eigenvalue weighted by Gasteiger charge is 2.12. The molecule has 5 heteroatoms. The maximum atomic E-state index is 10.2. The fourth-order valence-corrected chi connectivity index (χ4v) is 3.71. The van der Waals surface area contributed by atoms with Crippen molar-refractivity contribution in [2.75, 3.05) is 13.2 Å². The second-order valence-corrected chi connectivity index (χ2v) is 7.58. The van der Waals surface area contributed by atoms with Crippen LogP contribution >= 0.6 is 11.3 Å². The lowest BCUT2D eigenvalue weighted by atomic mass is 10.0. The van der Waals surface area contributed by atoms with Crippen molar-refractivity contribution in [1.29, 1.82) is 0 Å². The van der Waals surface area contributed by atoms with E-state index < -0.39 is 6.10 Å². The molecular formula is C20H25N2O2S+. The van der Waals surface area contributed by atoms with Gasteiger partial charge in [0.1, 0.15) is 36.6 Å². The summed E-state index contributed by atoms with van der Waals surface area (Å²) in [5, 5.41) is 13.4. The van der Waals surface area contributed by atoms with Crippen molar-refractivity contribution in [3.8, 4) is 5.75 Å². The zero-order valence-electron chi connectivity index (χ0n) is 14.7. The van der Waals surface area contributed by atoms with Crippen molar-refractivity contribution in [2.45, 2.75) is 32.4 Å². The van der Waals surface area contributed by atoms with Crippen LogP contribution in [0.15, 0.2) is 48.5 Å². The number of aromatic nitrogens is 1. The molecule has 1 atom stereocenters. The molecule has 3 N–H and O–H groups in total. The number of thiazole rings is 1. The Morgan fingerprint density at radius 2 is 1.88 bits per heavy atom. The van der Waals surface area contributed by atoms with E-state index >= 15 is 0 Å². The predicted octanol–water partition coefficient (Wildman–Crippen LogP) is 2.92. The topological polar surface area (TPSA) is 59.0 Å². The lowest BCUT2D eigenvalue weighted by Gasteiger charge is -2.15. The minimum absolute atomic E-state index is 0.306. The summed E-state index contributed by atoms with van der Waals surface area (Å²) in [5.74, 6) is 1.27. The lowest BCUT2D eigenvalue weighted by molar-refractivity contribution is -0.676. The van der Waals surface area contributed by atoms with Crippen LogP contribution in [0.2, 0.25) is 0 Å². The van der Waals surface area contributed by atoms with Gasteiger partial charge in [-0.3, -0.25) is 0 Å². The minimum atomic E-state index is -0.505. The largest absolute Gasteiger partial charge is 0.490 e. The van der Waals surface area contributed by atoms with Crippen molar-refractivity contribution in [3.05, 3.63) is 59.1 Å². The zero-order chi connectivity index (χ0) is 17.6. The predicted molar refractivity (Wildman–Crippen MR) is 102 cm³/mol. The summed E-state index contributed by atoms with van der Waals surface area (Å²) >= 11 is 1.71. The first-order chi connectivity index (χ1) is 12.1. The number of hydrogen-bond acceptors (Lipinski definition) is 4. The third-order valence-corrected chi connectivity index (χ3v) is 5.13. The molecule has 0 saturated carbocycles. The molecule has 0 amide bonds. The van der Waals surface area contributed by atoms with E-state index in [9.17, 15) is 5.11 Å². The van der Waals surface area contributed by atoms with E-state index in [1.807, 2.05) is 36.4 Å². The van der Waals surface area contributed by atoms with Crippen LogP contribution in [0.5, 0.6) is 5.75 Å². The first-order valence-corrected chi connectivity index (χ1v) is 9.51. The third-order valence-electron chi connectivity index (χ3n) is 4.07. The maximum absolute atomic E-state index is 10.2. The van der Waals surface area contributed by atoms with Crippen molar-refractivity contribution in [1.82, 2.24) is 4.98 Å². The molecule has 0 aliphatic rings. The summed E-state index contributed by atoms with van der Waals surface area (Å²) in [6.45, 7) is 5.97. The molecule has 1 aromatic heterocycles. The van der Waals surface area contributed by atoms with Crippen molar-refractivity contribution in [2.24, 2.45) is 0 Å². The molecule has 132 valence electrons. The van der Waals surface area contributed by atoms with Gasteiger partial charge in [-0.2, -0.15) is 0 Å². The number of aliphatic hydroxyl groups excluding tert-OH is 1. The van der Waals surface area contributed by atoms with Gasteiger partial charge in [0.15, 0.2) is 0 Å². The van der Waals surface area contributed by atoms with Crippen molar-refractivity contribution < 1.29 is 15.2 Å². The fourth-order valence-electron chi connectivity index (χ4n) is 2.75. The van der Waals surface area contributed by atoms with Crippen molar-refractivity contribution in [3.63, 3.8) is 0 Å². The molecule has 0 spiro atoms. The highest BCUT2D eigenvalue weighted by atomic mass is 32.1. The molecule has 25 heavy (non-hydrogen) atoms. The quantitative estimate of drug-likeness (QED) is 0.652. The van der Waals surface area contributed by atoms with Crippen LogP contribution in [0.4, 0.5) is 0 Å². The van der Waals surface area contributed by atoms with Gasteiger partial charge in [-0.15, -0.1) is 11.3 Å². The summed E-state index contributed by atoms with van der Waals surface area (Å²) in [6, 6.07) is 16.2. The van der Waals surface area contributed by atoms with Crippen LogP contribution < -0.4 is 10.1 Å². The van der Waals surface area contributed by atoms with Gasteiger partial charge in [-0.1, -0.05) is 44.2 Å². The Hall–Kier alpha value is -1.95. The number of quaternary nitrogens is 1. The van der Waals surface area contributed by atoms with Crippen molar-refractivity contribution >= 4 is 21.6 Å². The van der Waals surface area contributed by atoms with Crippen LogP contribution in [-0.2, 0) is 6.54 Å². The van der Waals surface area contributed by atoms with Gasteiger partial charge in [0.05, 0.1) is 10.2 Å². The Balaban J connectivity index is 1.46. The first kappa shape index (κ1) is 17.9. The maximum Gasteiger partial charge on any atom is 0.148 e. The van der Waals surface area contributed by atoms with Crippen LogP contribution in [0, 0.1) is 0 Å². The summed E-state index contributed by atoms with van der Waals surface area (Å²) in [4.78, 5) is 4.61. The van der Waals surface area contributed by atoms with Gasteiger partial charge in [-0.05, 0) is 29.7 Å². The minimum Gasteiger partial charge on any atom is -0.490 e. The molecule has 0 aliphatic heterocycles. The number of rotatable bonds is 8. The van der Waals surface area contributed by atoms with Gasteiger partial charge >= 0.3 is 0 Å². The Morgan fingerprint density at radius 1 is 1.12 bits per heavy atom. The number of para-hydroxylation sites is 2. The highest BCUT2D eigenvalue weighted by Crippen LogP contribution is 2.25. The summed E-state index contributed by atoms with van der Waals surface area (Å²) in [5.41, 5.74) is 2.22. The number of fused-ring (bicyclic) bond motifs is 1. The Kier molecular flexibility index (Phi) is 6.02. The standard InChI is InChI=1S/C20H24N2O2S/c1-14(2)16-7-3-5-9-18(16)24-13-15(23)11-21-12-20-22-17-8-4-6-10-19(17)25-20/h3-10,14-15,21,23H,11-13H2,1-2H3/p+1/t15-/m1/s1. The third kappa shape index (κ3) is 4.78. The molecule has 0 radical (unpaired) electrons. The van der Waals surface area contributed by atoms with Gasteiger partial charge in [0.25, 0.3) is 0 Å². The molecule has 1 heterocycles. The average molecular weight is 357 g/mol. The van der Waals surface area contributed by atoms with E-state index in [1.165, 1.54) is 10.3 Å². The first-order valence-electron chi connectivity index (χ1n) is 8.69. The highest BCUT2D eigenvalue weighted by molar-refractivity contribution is 7.18.